The fourth-order valence-corrected chi connectivity index (χ4v) is 2.05. The summed E-state index contributed by atoms with van der Waals surface area (Å²) in [6.07, 6.45) is 6.08. The molecule has 2 nitrogen and oxygen atoms in total. The highest BCUT2D eigenvalue weighted by molar-refractivity contribution is 4.81. The van der Waals surface area contributed by atoms with Gasteiger partial charge in [0.15, 0.2) is 0 Å². The van der Waals surface area contributed by atoms with Crippen LogP contribution in [-0.2, 0) is 4.74 Å². The van der Waals surface area contributed by atoms with Crippen LogP contribution in [-0.4, -0.2) is 25.3 Å². The number of rotatable bonds is 10. The molecule has 0 aromatic heterocycles. The van der Waals surface area contributed by atoms with Gasteiger partial charge in [0.05, 0.1) is 0 Å². The average Bonchev–Trinajstić information content (AvgIpc) is 2.26. The lowest BCUT2D eigenvalue weighted by molar-refractivity contribution is 0.0898. The Kier molecular flexibility index (Phi) is 8.89. The normalized spacial score (nSPS) is 15.7. The minimum absolute atomic E-state index is 0.206. The molecule has 1 unspecified atom stereocenters. The van der Waals surface area contributed by atoms with Gasteiger partial charge in [-0.3, -0.25) is 0 Å². The van der Waals surface area contributed by atoms with E-state index in [1.807, 2.05) is 0 Å². The number of hydrogen-bond acceptors (Lipinski definition) is 2. The third-order valence-corrected chi connectivity index (χ3v) is 3.39. The summed E-state index contributed by atoms with van der Waals surface area (Å²) in [5.41, 5.74) is 0.576. The molecule has 0 saturated heterocycles. The van der Waals surface area contributed by atoms with Gasteiger partial charge in [-0.2, -0.15) is 0 Å². The van der Waals surface area contributed by atoms with Crippen LogP contribution >= 0.6 is 0 Å². The minimum Gasteiger partial charge on any atom is -0.381 e. The van der Waals surface area contributed by atoms with Crippen molar-refractivity contribution in [3.63, 3.8) is 0 Å². The molecule has 0 spiro atoms. The monoisotopic (exact) mass is 257 g/mol. The lowest BCUT2D eigenvalue weighted by Crippen LogP contribution is -2.43. The van der Waals surface area contributed by atoms with E-state index in [0.717, 1.165) is 26.2 Å². The molecule has 2 heteroatoms. The van der Waals surface area contributed by atoms with Crippen LogP contribution in [0.3, 0.4) is 0 Å². The van der Waals surface area contributed by atoms with Gasteiger partial charge in [0.2, 0.25) is 0 Å². The highest BCUT2D eigenvalue weighted by Crippen LogP contribution is 2.27. The largest absolute Gasteiger partial charge is 0.381 e. The highest BCUT2D eigenvalue weighted by Gasteiger charge is 2.25. The fourth-order valence-electron chi connectivity index (χ4n) is 2.05. The Hall–Kier alpha value is -0.0800. The van der Waals surface area contributed by atoms with Crippen LogP contribution in [0.2, 0.25) is 0 Å². The Morgan fingerprint density at radius 3 is 2.06 bits per heavy atom. The van der Waals surface area contributed by atoms with E-state index in [1.165, 1.54) is 25.7 Å². The van der Waals surface area contributed by atoms with Gasteiger partial charge >= 0.3 is 0 Å². The lowest BCUT2D eigenvalue weighted by Gasteiger charge is -2.33. The zero-order valence-corrected chi connectivity index (χ0v) is 13.6. The maximum atomic E-state index is 5.72. The van der Waals surface area contributed by atoms with Gasteiger partial charge in [0.25, 0.3) is 0 Å². The zero-order valence-electron chi connectivity index (χ0n) is 13.6. The molecule has 0 aromatic rings. The summed E-state index contributed by atoms with van der Waals surface area (Å²) < 4.78 is 5.72. The molecule has 0 aliphatic carbocycles. The summed E-state index contributed by atoms with van der Waals surface area (Å²) >= 11 is 0. The molecule has 0 aliphatic rings. The third kappa shape index (κ3) is 9.90. The second kappa shape index (κ2) is 8.92. The van der Waals surface area contributed by atoms with Crippen LogP contribution in [0.4, 0.5) is 0 Å². The average molecular weight is 257 g/mol. The Labute approximate surface area is 115 Å². The third-order valence-electron chi connectivity index (χ3n) is 3.39. The molecule has 0 radical (unpaired) electrons. The van der Waals surface area contributed by atoms with E-state index in [0.29, 0.717) is 5.41 Å². The van der Waals surface area contributed by atoms with Gasteiger partial charge in [-0.1, -0.05) is 33.6 Å². The second-order valence-electron chi connectivity index (χ2n) is 6.88. The molecule has 18 heavy (non-hydrogen) atoms. The molecule has 0 heterocycles. The molecule has 1 atom stereocenters. The molecule has 0 rings (SSSR count). The van der Waals surface area contributed by atoms with E-state index in [9.17, 15) is 0 Å². The van der Waals surface area contributed by atoms with Crippen molar-refractivity contribution >= 4 is 0 Å². The van der Waals surface area contributed by atoms with E-state index >= 15 is 0 Å². The zero-order chi connectivity index (χ0) is 14.1. The Balaban J connectivity index is 4.00. The predicted octanol–water partition coefficient (Wildman–Crippen LogP) is 4.39. The van der Waals surface area contributed by atoms with Crippen molar-refractivity contribution in [3.05, 3.63) is 0 Å². The quantitative estimate of drug-likeness (QED) is 0.586. The van der Waals surface area contributed by atoms with Crippen LogP contribution in [0.5, 0.6) is 0 Å². The van der Waals surface area contributed by atoms with Gasteiger partial charge in [-0.05, 0) is 45.4 Å². The van der Waals surface area contributed by atoms with Crippen LogP contribution in [0.15, 0.2) is 0 Å². The van der Waals surface area contributed by atoms with Crippen molar-refractivity contribution in [2.24, 2.45) is 5.41 Å². The molecule has 0 aromatic carbocycles. The van der Waals surface area contributed by atoms with E-state index in [1.54, 1.807) is 0 Å². The van der Waals surface area contributed by atoms with Crippen molar-refractivity contribution in [1.29, 1.82) is 0 Å². The topological polar surface area (TPSA) is 21.3 Å². The molecule has 110 valence electrons. The lowest BCUT2D eigenvalue weighted by atomic mass is 9.82. The summed E-state index contributed by atoms with van der Waals surface area (Å²) in [5, 5.41) is 3.64. The number of hydrogen-bond donors (Lipinski definition) is 1. The number of ether oxygens (including phenoxy) is 1. The van der Waals surface area contributed by atoms with E-state index < -0.39 is 0 Å². The van der Waals surface area contributed by atoms with Crippen molar-refractivity contribution in [2.45, 2.75) is 79.2 Å². The molecule has 0 amide bonds. The maximum Gasteiger partial charge on any atom is 0.0471 e. The fraction of sp³-hybridized carbons (Fsp3) is 1.00. The first-order chi connectivity index (χ1) is 8.33. The van der Waals surface area contributed by atoms with Crippen molar-refractivity contribution in [3.8, 4) is 0 Å². The van der Waals surface area contributed by atoms with E-state index in [2.05, 4.69) is 46.9 Å². The van der Waals surface area contributed by atoms with Crippen LogP contribution in [0.1, 0.15) is 73.6 Å². The van der Waals surface area contributed by atoms with Crippen molar-refractivity contribution < 1.29 is 4.74 Å². The summed E-state index contributed by atoms with van der Waals surface area (Å²) in [6.45, 7) is 16.5. The first-order valence-corrected chi connectivity index (χ1v) is 7.66. The standard InChI is InChI=1S/C16H35NO/c1-7-9-12-18-13-11-16(6,10-8-2)14-17-15(3,4)5/h17H,7-14H2,1-6H3. The summed E-state index contributed by atoms with van der Waals surface area (Å²) in [5.74, 6) is 0. The predicted molar refractivity (Wildman–Crippen MR) is 81.1 cm³/mol. The van der Waals surface area contributed by atoms with Gasteiger partial charge in [-0.25, -0.2) is 0 Å². The van der Waals surface area contributed by atoms with Crippen molar-refractivity contribution in [2.75, 3.05) is 19.8 Å². The number of unbranched alkanes of at least 4 members (excludes halogenated alkanes) is 1. The van der Waals surface area contributed by atoms with Gasteiger partial charge in [-0.15, -0.1) is 0 Å². The molecule has 0 bridgehead atoms. The summed E-state index contributed by atoms with van der Waals surface area (Å²) in [4.78, 5) is 0. The summed E-state index contributed by atoms with van der Waals surface area (Å²) in [6, 6.07) is 0. The van der Waals surface area contributed by atoms with E-state index in [-0.39, 0.29) is 5.54 Å². The molecule has 0 aliphatic heterocycles. The van der Waals surface area contributed by atoms with Gasteiger partial charge in [0, 0.05) is 25.3 Å². The van der Waals surface area contributed by atoms with Gasteiger partial charge in [0.1, 0.15) is 0 Å². The van der Waals surface area contributed by atoms with Crippen molar-refractivity contribution in [1.82, 2.24) is 5.32 Å². The molecule has 0 saturated carbocycles. The minimum atomic E-state index is 0.206. The SMILES string of the molecule is CCCCOCCC(C)(CCC)CNC(C)(C)C. The maximum absolute atomic E-state index is 5.72. The van der Waals surface area contributed by atoms with Crippen LogP contribution < -0.4 is 5.32 Å². The first kappa shape index (κ1) is 17.9. The Bertz CT molecular complexity index is 198. The van der Waals surface area contributed by atoms with E-state index in [4.69, 9.17) is 4.74 Å². The second-order valence-corrected chi connectivity index (χ2v) is 6.88. The van der Waals surface area contributed by atoms with Gasteiger partial charge < -0.3 is 10.1 Å². The Morgan fingerprint density at radius 1 is 0.889 bits per heavy atom. The number of nitrogens with one attached hydrogen (secondary N) is 1. The van der Waals surface area contributed by atoms with Crippen LogP contribution in [0, 0.1) is 5.41 Å². The molecule has 0 fully saturated rings. The summed E-state index contributed by atoms with van der Waals surface area (Å²) in [7, 11) is 0. The first-order valence-electron chi connectivity index (χ1n) is 7.66. The highest BCUT2D eigenvalue weighted by atomic mass is 16.5. The molecule has 1 N–H and O–H groups in total. The molecular formula is C16H35NO. The molecular weight excluding hydrogens is 222 g/mol. The Morgan fingerprint density at radius 2 is 1.56 bits per heavy atom. The van der Waals surface area contributed by atoms with Crippen LogP contribution in [0.25, 0.3) is 0 Å². The smallest absolute Gasteiger partial charge is 0.0471 e.